The molecule has 104 valence electrons. The second kappa shape index (κ2) is 5.29. The smallest absolute Gasteiger partial charge is 0.176 e. The zero-order valence-corrected chi connectivity index (χ0v) is 12.4. The Morgan fingerprint density at radius 1 is 1.25 bits per heavy atom. The van der Waals surface area contributed by atoms with E-state index in [4.69, 9.17) is 11.6 Å². The van der Waals surface area contributed by atoms with Crippen LogP contribution < -0.4 is 0 Å². The average Bonchev–Trinajstić information content (AvgIpc) is 2.95. The van der Waals surface area contributed by atoms with Crippen LogP contribution in [0.25, 0.3) is 11.2 Å². The predicted molar refractivity (Wildman–Crippen MR) is 81.2 cm³/mol. The fraction of sp³-hybridized carbons (Fsp3) is 0.333. The molecule has 0 bridgehead atoms. The van der Waals surface area contributed by atoms with Crippen LogP contribution in [0.4, 0.5) is 0 Å². The summed E-state index contributed by atoms with van der Waals surface area (Å²) in [7, 11) is 0. The molecule has 1 aromatic carbocycles. The number of aromatic amines is 1. The number of nitrogens with zero attached hydrogens (tertiary/aromatic N) is 3. The van der Waals surface area contributed by atoms with Gasteiger partial charge in [0.1, 0.15) is 11.3 Å². The van der Waals surface area contributed by atoms with E-state index in [1.54, 1.807) is 0 Å². The first kappa shape index (κ1) is 13.2. The highest BCUT2D eigenvalue weighted by Gasteiger charge is 2.12. The summed E-state index contributed by atoms with van der Waals surface area (Å²) < 4.78 is 1.95. The van der Waals surface area contributed by atoms with Gasteiger partial charge in [-0.05, 0) is 31.0 Å². The molecule has 5 heteroatoms. The molecule has 3 aromatic rings. The molecule has 0 unspecified atom stereocenters. The first-order valence-electron chi connectivity index (χ1n) is 6.84. The number of hydrogen-bond acceptors (Lipinski definition) is 2. The summed E-state index contributed by atoms with van der Waals surface area (Å²) in [6, 6.07) is 7.84. The third-order valence-electron chi connectivity index (χ3n) is 3.34. The van der Waals surface area contributed by atoms with Crippen LogP contribution in [0.5, 0.6) is 0 Å². The summed E-state index contributed by atoms with van der Waals surface area (Å²) in [6.45, 7) is 4.87. The fourth-order valence-electron chi connectivity index (χ4n) is 2.36. The van der Waals surface area contributed by atoms with E-state index in [0.717, 1.165) is 40.5 Å². The molecule has 0 saturated carbocycles. The highest BCUT2D eigenvalue weighted by atomic mass is 35.5. The van der Waals surface area contributed by atoms with E-state index in [1.807, 2.05) is 35.9 Å². The molecule has 0 aliphatic heterocycles. The lowest BCUT2D eigenvalue weighted by molar-refractivity contribution is 0.692. The highest BCUT2D eigenvalue weighted by molar-refractivity contribution is 6.30. The Morgan fingerprint density at radius 3 is 2.70 bits per heavy atom. The Kier molecular flexibility index (Phi) is 3.49. The number of aryl methyl sites for hydroxylation is 2. The number of imidazole rings is 1. The summed E-state index contributed by atoms with van der Waals surface area (Å²) in [5, 5.41) is 5.31. The first-order chi connectivity index (χ1) is 9.67. The Morgan fingerprint density at radius 2 is 2.00 bits per heavy atom. The molecule has 4 nitrogen and oxygen atoms in total. The zero-order valence-electron chi connectivity index (χ0n) is 11.7. The van der Waals surface area contributed by atoms with Crippen LogP contribution in [0.2, 0.25) is 5.02 Å². The lowest BCUT2D eigenvalue weighted by Gasteiger charge is -2.02. The van der Waals surface area contributed by atoms with Gasteiger partial charge in [0.2, 0.25) is 0 Å². The van der Waals surface area contributed by atoms with Gasteiger partial charge in [0, 0.05) is 11.4 Å². The van der Waals surface area contributed by atoms with Crippen LogP contribution in [-0.2, 0) is 13.0 Å². The van der Waals surface area contributed by atoms with Crippen molar-refractivity contribution in [3.63, 3.8) is 0 Å². The lowest BCUT2D eigenvalue weighted by atomic mass is 10.2. The molecule has 0 saturated heterocycles. The lowest BCUT2D eigenvalue weighted by Crippen LogP contribution is -2.02. The molecule has 2 aromatic heterocycles. The molecule has 0 radical (unpaired) electrons. The van der Waals surface area contributed by atoms with Crippen molar-refractivity contribution in [2.75, 3.05) is 0 Å². The highest BCUT2D eigenvalue weighted by Crippen LogP contribution is 2.18. The molecule has 2 heterocycles. The predicted octanol–water partition coefficient (Wildman–Crippen LogP) is 3.72. The maximum Gasteiger partial charge on any atom is 0.176 e. The molecule has 3 rings (SSSR count). The maximum atomic E-state index is 5.91. The molecule has 0 atom stereocenters. The van der Waals surface area contributed by atoms with Crippen molar-refractivity contribution in [1.29, 1.82) is 0 Å². The number of aromatic nitrogens is 4. The van der Waals surface area contributed by atoms with Gasteiger partial charge in [-0.25, -0.2) is 9.67 Å². The molecule has 0 fully saturated rings. The summed E-state index contributed by atoms with van der Waals surface area (Å²) in [5.41, 5.74) is 4.13. The van der Waals surface area contributed by atoms with Gasteiger partial charge < -0.3 is 4.98 Å². The third kappa shape index (κ3) is 2.43. The van der Waals surface area contributed by atoms with E-state index in [0.29, 0.717) is 6.54 Å². The van der Waals surface area contributed by atoms with Crippen LogP contribution in [0.3, 0.4) is 0 Å². The standard InChI is InChI=1S/C15H17ClN4/c1-3-4-13-17-14-10(2)19-20(15(14)18-13)9-11-5-7-12(16)8-6-11/h5-8H,3-4,9H2,1-2H3,(H,17,18). The van der Waals surface area contributed by atoms with Gasteiger partial charge in [-0.2, -0.15) is 5.10 Å². The number of halogens is 1. The number of benzene rings is 1. The number of hydrogen-bond donors (Lipinski definition) is 1. The van der Waals surface area contributed by atoms with Crippen LogP contribution in [0.1, 0.15) is 30.4 Å². The van der Waals surface area contributed by atoms with E-state index in [-0.39, 0.29) is 0 Å². The Labute approximate surface area is 122 Å². The molecule has 20 heavy (non-hydrogen) atoms. The Bertz CT molecular complexity index is 724. The molecule has 0 aliphatic rings. The van der Waals surface area contributed by atoms with E-state index in [9.17, 15) is 0 Å². The third-order valence-corrected chi connectivity index (χ3v) is 3.60. The molecular formula is C15H17ClN4. The van der Waals surface area contributed by atoms with Gasteiger partial charge in [-0.3, -0.25) is 0 Å². The van der Waals surface area contributed by atoms with Crippen LogP contribution in [0.15, 0.2) is 24.3 Å². The van der Waals surface area contributed by atoms with E-state index >= 15 is 0 Å². The van der Waals surface area contributed by atoms with Gasteiger partial charge in [0.25, 0.3) is 0 Å². The van der Waals surface area contributed by atoms with Crippen molar-refractivity contribution in [2.24, 2.45) is 0 Å². The van der Waals surface area contributed by atoms with Crippen LogP contribution in [0, 0.1) is 6.92 Å². The monoisotopic (exact) mass is 288 g/mol. The number of rotatable bonds is 4. The Hall–Kier alpha value is -1.81. The van der Waals surface area contributed by atoms with Gasteiger partial charge >= 0.3 is 0 Å². The molecule has 0 spiro atoms. The van der Waals surface area contributed by atoms with Crippen LogP contribution in [-0.4, -0.2) is 19.7 Å². The average molecular weight is 289 g/mol. The van der Waals surface area contributed by atoms with Crippen LogP contribution >= 0.6 is 11.6 Å². The van der Waals surface area contributed by atoms with Crippen molar-refractivity contribution in [3.05, 3.63) is 46.4 Å². The van der Waals surface area contributed by atoms with Gasteiger partial charge in [-0.1, -0.05) is 30.7 Å². The summed E-state index contributed by atoms with van der Waals surface area (Å²) in [6.07, 6.45) is 2.05. The second-order valence-electron chi connectivity index (χ2n) is 5.00. The molecular weight excluding hydrogens is 272 g/mol. The fourth-order valence-corrected chi connectivity index (χ4v) is 2.48. The number of H-pyrrole nitrogens is 1. The number of nitrogens with one attached hydrogen (secondary N) is 1. The van der Waals surface area contributed by atoms with Crippen molar-refractivity contribution < 1.29 is 0 Å². The minimum Gasteiger partial charge on any atom is -0.339 e. The summed E-state index contributed by atoms with van der Waals surface area (Å²) in [5.74, 6) is 1.04. The summed E-state index contributed by atoms with van der Waals surface area (Å²) >= 11 is 5.91. The minimum absolute atomic E-state index is 0.706. The van der Waals surface area contributed by atoms with Crippen molar-refractivity contribution in [1.82, 2.24) is 19.7 Å². The van der Waals surface area contributed by atoms with Crippen molar-refractivity contribution >= 4 is 22.8 Å². The van der Waals surface area contributed by atoms with Gasteiger partial charge in [-0.15, -0.1) is 0 Å². The summed E-state index contributed by atoms with van der Waals surface area (Å²) in [4.78, 5) is 8.02. The maximum absolute atomic E-state index is 5.91. The molecule has 1 N–H and O–H groups in total. The minimum atomic E-state index is 0.706. The van der Waals surface area contributed by atoms with Crippen molar-refractivity contribution in [3.8, 4) is 0 Å². The first-order valence-corrected chi connectivity index (χ1v) is 7.21. The van der Waals surface area contributed by atoms with E-state index < -0.39 is 0 Å². The molecule has 0 aliphatic carbocycles. The topological polar surface area (TPSA) is 46.5 Å². The second-order valence-corrected chi connectivity index (χ2v) is 5.44. The zero-order chi connectivity index (χ0) is 14.1. The number of fused-ring (bicyclic) bond motifs is 1. The Balaban J connectivity index is 1.96. The van der Waals surface area contributed by atoms with E-state index in [1.165, 1.54) is 5.56 Å². The van der Waals surface area contributed by atoms with E-state index in [2.05, 4.69) is 22.0 Å². The van der Waals surface area contributed by atoms with Crippen molar-refractivity contribution in [2.45, 2.75) is 33.2 Å². The molecule has 0 amide bonds. The van der Waals surface area contributed by atoms with Gasteiger partial charge in [0.15, 0.2) is 5.65 Å². The van der Waals surface area contributed by atoms with Gasteiger partial charge in [0.05, 0.1) is 12.2 Å². The quantitative estimate of drug-likeness (QED) is 0.795. The largest absolute Gasteiger partial charge is 0.339 e. The SMILES string of the molecule is CCCc1nc2c([nH]1)c(C)nn2Cc1ccc(Cl)cc1. The normalized spacial score (nSPS) is 11.3.